The lowest BCUT2D eigenvalue weighted by Crippen LogP contribution is -2.15. The smallest absolute Gasteiger partial charge is 0.120 e. The van der Waals surface area contributed by atoms with Crippen LogP contribution in [-0.2, 0) is 0 Å². The summed E-state index contributed by atoms with van der Waals surface area (Å²) in [7, 11) is 1.92. The number of rotatable bonds is 4. The van der Waals surface area contributed by atoms with E-state index in [9.17, 15) is 0 Å². The summed E-state index contributed by atoms with van der Waals surface area (Å²) in [6, 6.07) is 8.10. The molecule has 2 aromatic rings. The first kappa shape index (κ1) is 9.09. The molecule has 0 atom stereocenters. The highest BCUT2D eigenvalue weighted by Crippen LogP contribution is 2.19. The summed E-state index contributed by atoms with van der Waals surface area (Å²) in [5, 5.41) is 4.23. The molecule has 1 aromatic heterocycles. The number of fused-ring (bicyclic) bond motifs is 1. The van der Waals surface area contributed by atoms with Gasteiger partial charge in [-0.2, -0.15) is 0 Å². The van der Waals surface area contributed by atoms with E-state index >= 15 is 0 Å². The van der Waals surface area contributed by atoms with Gasteiger partial charge in [-0.15, -0.1) is 0 Å². The number of likely N-dealkylation sites (N-methyl/N-ethyl adjacent to an activating group) is 1. The highest BCUT2D eigenvalue weighted by Gasteiger charge is 1.97. The van der Waals surface area contributed by atoms with Gasteiger partial charge in [-0.1, -0.05) is 0 Å². The predicted octanol–water partition coefficient (Wildman–Crippen LogP) is 1.77. The Morgan fingerprint density at radius 2 is 2.29 bits per heavy atom. The molecule has 2 rings (SSSR count). The molecule has 0 bridgehead atoms. The fourth-order valence-electron chi connectivity index (χ4n) is 1.39. The molecule has 0 amide bonds. The highest BCUT2D eigenvalue weighted by molar-refractivity contribution is 5.80. The lowest BCUT2D eigenvalue weighted by atomic mass is 10.2. The average molecular weight is 190 g/mol. The second kappa shape index (κ2) is 4.15. The number of aromatic nitrogens is 1. The number of ether oxygens (including phenoxy) is 1. The molecule has 1 aromatic carbocycles. The molecule has 0 saturated heterocycles. The maximum atomic E-state index is 5.55. The number of aromatic amines is 1. The van der Waals surface area contributed by atoms with Gasteiger partial charge in [0, 0.05) is 23.6 Å². The van der Waals surface area contributed by atoms with Crippen molar-refractivity contribution in [1.82, 2.24) is 10.3 Å². The van der Waals surface area contributed by atoms with Crippen LogP contribution in [0.1, 0.15) is 0 Å². The Bertz CT molecular complexity index is 408. The molecular formula is C11H14N2O. The Kier molecular flexibility index (Phi) is 2.70. The Morgan fingerprint density at radius 3 is 3.14 bits per heavy atom. The van der Waals surface area contributed by atoms with Gasteiger partial charge in [0.05, 0.1) is 0 Å². The number of nitrogens with one attached hydrogen (secondary N) is 2. The van der Waals surface area contributed by atoms with Gasteiger partial charge in [0.25, 0.3) is 0 Å². The van der Waals surface area contributed by atoms with E-state index in [1.807, 2.05) is 37.5 Å². The minimum Gasteiger partial charge on any atom is -0.492 e. The molecule has 14 heavy (non-hydrogen) atoms. The average Bonchev–Trinajstić information content (AvgIpc) is 2.65. The minimum absolute atomic E-state index is 0.701. The summed E-state index contributed by atoms with van der Waals surface area (Å²) >= 11 is 0. The van der Waals surface area contributed by atoms with E-state index in [0.29, 0.717) is 6.61 Å². The molecule has 0 saturated carbocycles. The molecule has 3 heteroatoms. The minimum atomic E-state index is 0.701. The van der Waals surface area contributed by atoms with Gasteiger partial charge >= 0.3 is 0 Å². The summed E-state index contributed by atoms with van der Waals surface area (Å²) in [4.78, 5) is 3.15. The van der Waals surface area contributed by atoms with E-state index in [0.717, 1.165) is 17.8 Å². The summed E-state index contributed by atoms with van der Waals surface area (Å²) < 4.78 is 5.55. The normalized spacial score (nSPS) is 10.6. The number of hydrogen-bond acceptors (Lipinski definition) is 2. The number of H-pyrrole nitrogens is 1. The van der Waals surface area contributed by atoms with Crippen LogP contribution in [-0.4, -0.2) is 25.2 Å². The Hall–Kier alpha value is -1.48. The summed E-state index contributed by atoms with van der Waals surface area (Å²) in [5.41, 5.74) is 1.14. The van der Waals surface area contributed by atoms with Gasteiger partial charge in [-0.3, -0.25) is 0 Å². The van der Waals surface area contributed by atoms with Crippen molar-refractivity contribution < 1.29 is 4.74 Å². The van der Waals surface area contributed by atoms with Crippen LogP contribution in [0.3, 0.4) is 0 Å². The zero-order valence-electron chi connectivity index (χ0n) is 8.21. The number of benzene rings is 1. The van der Waals surface area contributed by atoms with Gasteiger partial charge < -0.3 is 15.0 Å². The van der Waals surface area contributed by atoms with Crippen molar-refractivity contribution >= 4 is 10.9 Å². The SMILES string of the molecule is CNCCOc1ccc2[nH]ccc2c1. The second-order valence-corrected chi connectivity index (χ2v) is 3.18. The first-order chi connectivity index (χ1) is 6.90. The molecule has 74 valence electrons. The van der Waals surface area contributed by atoms with Crippen molar-refractivity contribution in [3.63, 3.8) is 0 Å². The molecular weight excluding hydrogens is 176 g/mol. The number of hydrogen-bond donors (Lipinski definition) is 2. The maximum absolute atomic E-state index is 5.55. The van der Waals surface area contributed by atoms with E-state index in [1.54, 1.807) is 0 Å². The van der Waals surface area contributed by atoms with Crippen molar-refractivity contribution in [2.75, 3.05) is 20.2 Å². The van der Waals surface area contributed by atoms with E-state index in [-0.39, 0.29) is 0 Å². The lowest BCUT2D eigenvalue weighted by molar-refractivity contribution is 0.319. The van der Waals surface area contributed by atoms with Crippen LogP contribution in [0.5, 0.6) is 5.75 Å². The Labute approximate surface area is 83.1 Å². The van der Waals surface area contributed by atoms with Crippen molar-refractivity contribution in [2.24, 2.45) is 0 Å². The Balaban J connectivity index is 2.10. The van der Waals surface area contributed by atoms with Crippen molar-refractivity contribution in [1.29, 1.82) is 0 Å². The van der Waals surface area contributed by atoms with Gasteiger partial charge in [0.1, 0.15) is 12.4 Å². The van der Waals surface area contributed by atoms with E-state index in [1.165, 1.54) is 5.39 Å². The third-order valence-electron chi connectivity index (χ3n) is 2.15. The zero-order valence-corrected chi connectivity index (χ0v) is 8.21. The van der Waals surface area contributed by atoms with E-state index in [2.05, 4.69) is 10.3 Å². The molecule has 0 fully saturated rings. The standard InChI is InChI=1S/C11H14N2O/c1-12-6-7-14-10-2-3-11-9(8-10)4-5-13-11/h2-5,8,12-13H,6-7H2,1H3. The molecule has 0 aliphatic heterocycles. The van der Waals surface area contributed by atoms with Crippen LogP contribution in [0.4, 0.5) is 0 Å². The fraction of sp³-hybridized carbons (Fsp3) is 0.273. The fourth-order valence-corrected chi connectivity index (χ4v) is 1.39. The first-order valence-corrected chi connectivity index (χ1v) is 4.75. The molecule has 0 aliphatic carbocycles. The molecule has 3 nitrogen and oxygen atoms in total. The topological polar surface area (TPSA) is 37.0 Å². The molecule has 2 N–H and O–H groups in total. The van der Waals surface area contributed by atoms with E-state index < -0.39 is 0 Å². The monoisotopic (exact) mass is 190 g/mol. The lowest BCUT2D eigenvalue weighted by Gasteiger charge is -2.05. The Morgan fingerprint density at radius 1 is 1.36 bits per heavy atom. The van der Waals surface area contributed by atoms with E-state index in [4.69, 9.17) is 4.74 Å². The van der Waals surface area contributed by atoms with Gasteiger partial charge in [0.2, 0.25) is 0 Å². The second-order valence-electron chi connectivity index (χ2n) is 3.18. The molecule has 1 heterocycles. The molecule has 0 spiro atoms. The summed E-state index contributed by atoms with van der Waals surface area (Å²) in [6.07, 6.45) is 1.93. The maximum Gasteiger partial charge on any atom is 0.120 e. The molecule has 0 unspecified atom stereocenters. The summed E-state index contributed by atoms with van der Waals surface area (Å²) in [5.74, 6) is 0.923. The molecule has 0 radical (unpaired) electrons. The summed E-state index contributed by atoms with van der Waals surface area (Å²) in [6.45, 7) is 1.57. The largest absolute Gasteiger partial charge is 0.492 e. The quantitative estimate of drug-likeness (QED) is 0.721. The van der Waals surface area contributed by atoms with Crippen LogP contribution < -0.4 is 10.1 Å². The van der Waals surface area contributed by atoms with Gasteiger partial charge in [0.15, 0.2) is 0 Å². The van der Waals surface area contributed by atoms with Crippen LogP contribution in [0.2, 0.25) is 0 Å². The van der Waals surface area contributed by atoms with Crippen LogP contribution in [0, 0.1) is 0 Å². The third-order valence-corrected chi connectivity index (χ3v) is 2.15. The van der Waals surface area contributed by atoms with Crippen LogP contribution >= 0.6 is 0 Å². The van der Waals surface area contributed by atoms with Gasteiger partial charge in [-0.05, 0) is 31.3 Å². The van der Waals surface area contributed by atoms with Crippen molar-refractivity contribution in [3.05, 3.63) is 30.5 Å². The van der Waals surface area contributed by atoms with Gasteiger partial charge in [-0.25, -0.2) is 0 Å². The predicted molar refractivity (Wildman–Crippen MR) is 57.7 cm³/mol. The zero-order chi connectivity index (χ0) is 9.80. The first-order valence-electron chi connectivity index (χ1n) is 4.75. The highest BCUT2D eigenvalue weighted by atomic mass is 16.5. The van der Waals surface area contributed by atoms with Crippen LogP contribution in [0.15, 0.2) is 30.5 Å². The molecule has 0 aliphatic rings. The van der Waals surface area contributed by atoms with Crippen molar-refractivity contribution in [2.45, 2.75) is 0 Å². The third kappa shape index (κ3) is 1.88. The van der Waals surface area contributed by atoms with Crippen LogP contribution in [0.25, 0.3) is 10.9 Å². The van der Waals surface area contributed by atoms with Crippen molar-refractivity contribution in [3.8, 4) is 5.75 Å².